The Kier molecular flexibility index (Phi) is 6.35. The Bertz CT molecular complexity index is 2420. The van der Waals surface area contributed by atoms with E-state index in [-0.39, 0.29) is 28.0 Å². The van der Waals surface area contributed by atoms with Crippen LogP contribution in [0.4, 0.5) is 17.1 Å². The van der Waals surface area contributed by atoms with Gasteiger partial charge in [0.1, 0.15) is 11.4 Å². The zero-order chi connectivity index (χ0) is 33.8. The summed E-state index contributed by atoms with van der Waals surface area (Å²) in [4.78, 5) is 32.0. The van der Waals surface area contributed by atoms with Gasteiger partial charge in [0.2, 0.25) is 0 Å². The number of nitrogens with zero attached hydrogens (tertiary/aromatic N) is 1. The highest BCUT2D eigenvalue weighted by atomic mass is 32.2. The van der Waals surface area contributed by atoms with Crippen LogP contribution in [0.25, 0.3) is 28.0 Å². The Hall–Kier alpha value is -5.19. The SMILES string of the molecule is CC(C)(C)c1cccc(N2c3ccc(C=C4C(=O)c5cc6ccccc6cc5C4=O)cc3[SH+]c3cc4c(cc32)C(C)(C)c2ccccc2-4)c1. The molecule has 0 amide bonds. The first-order valence-electron chi connectivity index (χ1n) is 16.9. The monoisotopic (exact) mass is 654 g/mol. The summed E-state index contributed by atoms with van der Waals surface area (Å²) in [7, 11) is 0. The topological polar surface area (TPSA) is 37.4 Å². The molecule has 4 heteroatoms. The minimum atomic E-state index is -0.205. The molecule has 0 N–H and O–H groups in total. The van der Waals surface area contributed by atoms with Gasteiger partial charge in [-0.1, -0.05) is 101 Å². The summed E-state index contributed by atoms with van der Waals surface area (Å²) >= 11 is 1.08. The van der Waals surface area contributed by atoms with Crippen molar-refractivity contribution in [2.24, 2.45) is 0 Å². The van der Waals surface area contributed by atoms with Crippen LogP contribution in [0, 0.1) is 0 Å². The lowest BCUT2D eigenvalue weighted by atomic mass is 9.82. The minimum absolute atomic E-state index is 0.00288. The number of allylic oxidation sites excluding steroid dienone is 1. The zero-order valence-corrected chi connectivity index (χ0v) is 29.2. The maximum Gasteiger partial charge on any atom is 0.197 e. The molecule has 1 aliphatic heterocycles. The quantitative estimate of drug-likeness (QED) is 0.0806. The predicted octanol–water partition coefficient (Wildman–Crippen LogP) is 10.9. The lowest BCUT2D eigenvalue weighted by Gasteiger charge is -2.32. The van der Waals surface area contributed by atoms with E-state index in [0.29, 0.717) is 11.1 Å². The summed E-state index contributed by atoms with van der Waals surface area (Å²) < 4.78 is 0. The van der Waals surface area contributed by atoms with Crippen molar-refractivity contribution in [3.8, 4) is 11.1 Å². The Morgan fingerprint density at radius 2 is 1.29 bits per heavy atom. The molecule has 0 fully saturated rings. The van der Waals surface area contributed by atoms with Gasteiger partial charge in [-0.3, -0.25) is 9.59 Å². The van der Waals surface area contributed by atoms with Crippen LogP contribution in [0.3, 0.4) is 0 Å². The molecule has 0 saturated carbocycles. The molecule has 6 aromatic carbocycles. The van der Waals surface area contributed by atoms with Gasteiger partial charge < -0.3 is 4.90 Å². The molecule has 49 heavy (non-hydrogen) atoms. The van der Waals surface area contributed by atoms with Crippen molar-refractivity contribution in [1.29, 1.82) is 0 Å². The normalized spacial score (nSPS) is 15.5. The van der Waals surface area contributed by atoms with Crippen LogP contribution >= 0.6 is 0 Å². The number of carbonyl (C=O) groups is 2. The molecule has 0 bridgehead atoms. The van der Waals surface area contributed by atoms with Gasteiger partial charge >= 0.3 is 0 Å². The van der Waals surface area contributed by atoms with Gasteiger partial charge in [0.05, 0.1) is 17.3 Å². The fourth-order valence-corrected chi connectivity index (χ4v) is 9.09. The van der Waals surface area contributed by atoms with Gasteiger partial charge in [0, 0.05) is 34.4 Å². The lowest BCUT2D eigenvalue weighted by Crippen LogP contribution is -2.21. The third-order valence-corrected chi connectivity index (χ3v) is 11.7. The summed E-state index contributed by atoms with van der Waals surface area (Å²) in [6, 6.07) is 40.4. The Morgan fingerprint density at radius 3 is 2.00 bits per heavy atom. The van der Waals surface area contributed by atoms with E-state index < -0.39 is 0 Å². The first-order chi connectivity index (χ1) is 23.5. The molecule has 0 atom stereocenters. The number of benzene rings is 6. The fraction of sp³-hybridized carbons (Fsp3) is 0.156. The van der Waals surface area contributed by atoms with Crippen molar-refractivity contribution in [1.82, 2.24) is 0 Å². The van der Waals surface area contributed by atoms with Crippen LogP contribution in [0.2, 0.25) is 0 Å². The molecule has 0 spiro atoms. The molecule has 0 unspecified atom stereocenters. The van der Waals surface area contributed by atoms with Crippen LogP contribution in [0.1, 0.15) is 77.6 Å². The van der Waals surface area contributed by atoms with E-state index >= 15 is 0 Å². The molecule has 238 valence electrons. The molecule has 0 radical (unpaired) electrons. The number of carbonyl (C=O) groups excluding carboxylic acids is 2. The molecule has 6 aromatic rings. The smallest absolute Gasteiger partial charge is 0.197 e. The molecule has 3 aliphatic rings. The second-order valence-electron chi connectivity index (χ2n) is 15.0. The third-order valence-electron chi connectivity index (χ3n) is 10.5. The van der Waals surface area contributed by atoms with Crippen molar-refractivity contribution in [3.63, 3.8) is 0 Å². The summed E-state index contributed by atoms with van der Waals surface area (Å²) in [5.74, 6) is -0.410. The number of thiol groups is 1. The van der Waals surface area contributed by atoms with E-state index in [0.717, 1.165) is 44.4 Å². The molecule has 1 heterocycles. The predicted molar refractivity (Wildman–Crippen MR) is 203 cm³/mol. The van der Waals surface area contributed by atoms with Crippen molar-refractivity contribution in [3.05, 3.63) is 154 Å². The van der Waals surface area contributed by atoms with Crippen molar-refractivity contribution >= 4 is 57.2 Å². The molecule has 0 saturated heterocycles. The molecule has 9 rings (SSSR count). The van der Waals surface area contributed by atoms with Gasteiger partial charge in [0.15, 0.2) is 21.4 Å². The number of Topliss-reactive ketones (excluding diaryl/α,β-unsaturated/α-hetero) is 2. The van der Waals surface area contributed by atoms with Crippen LogP contribution in [-0.2, 0) is 22.6 Å². The van der Waals surface area contributed by atoms with E-state index in [1.165, 1.54) is 38.4 Å². The van der Waals surface area contributed by atoms with Gasteiger partial charge in [-0.15, -0.1) is 0 Å². The zero-order valence-electron chi connectivity index (χ0n) is 28.3. The van der Waals surface area contributed by atoms with Crippen molar-refractivity contribution < 1.29 is 9.59 Å². The number of hydrogen-bond donors (Lipinski definition) is 0. The van der Waals surface area contributed by atoms with E-state index in [1.54, 1.807) is 6.08 Å². The van der Waals surface area contributed by atoms with Gasteiger partial charge in [-0.05, 0) is 92.0 Å². The Balaban J connectivity index is 1.19. The van der Waals surface area contributed by atoms with Gasteiger partial charge in [-0.2, -0.15) is 0 Å². The minimum Gasteiger partial charge on any atom is -0.301 e. The van der Waals surface area contributed by atoms with E-state index in [4.69, 9.17) is 0 Å². The first-order valence-corrected chi connectivity index (χ1v) is 17.8. The summed E-state index contributed by atoms with van der Waals surface area (Å²) in [6.45, 7) is 11.4. The summed E-state index contributed by atoms with van der Waals surface area (Å²) in [6.07, 6.45) is 1.78. The number of ketones is 2. The number of anilines is 3. The van der Waals surface area contributed by atoms with Crippen LogP contribution in [0.15, 0.2) is 131 Å². The molecular formula is C45H36NO2S+. The lowest BCUT2D eigenvalue weighted by molar-refractivity contribution is 0.0990. The van der Waals surface area contributed by atoms with Crippen LogP contribution < -0.4 is 4.90 Å². The summed E-state index contributed by atoms with van der Waals surface area (Å²) in [5, 5.41) is 1.92. The van der Waals surface area contributed by atoms with E-state index in [9.17, 15) is 9.59 Å². The van der Waals surface area contributed by atoms with E-state index in [1.807, 2.05) is 42.5 Å². The molecular weight excluding hydrogens is 619 g/mol. The Morgan fingerprint density at radius 1 is 0.612 bits per heavy atom. The maximum absolute atomic E-state index is 13.6. The molecule has 2 aliphatic carbocycles. The third kappa shape index (κ3) is 4.50. The van der Waals surface area contributed by atoms with Crippen molar-refractivity contribution in [2.45, 2.75) is 55.2 Å². The van der Waals surface area contributed by atoms with Crippen LogP contribution in [0.5, 0.6) is 0 Å². The Labute approximate surface area is 291 Å². The second-order valence-corrected chi connectivity index (χ2v) is 16.2. The summed E-state index contributed by atoms with van der Waals surface area (Å²) in [5.41, 5.74) is 11.9. The largest absolute Gasteiger partial charge is 0.301 e. The standard InChI is InChI=1S/C45H35NO2S/c1-44(2,3)29-13-10-14-30(23-29)46-38-18-17-26(19-35-42(47)33-21-27-11-6-7-12-28(27)22-34(33)43(35)48)20-40(38)49-41-24-32-31-15-8-9-16-36(31)45(4,5)37(32)25-39(41)46/h6-25H,1-5H3/p+1. The van der Waals surface area contributed by atoms with E-state index in [2.05, 4.69) is 112 Å². The first kappa shape index (κ1) is 29.9. The average Bonchev–Trinajstić information content (AvgIpc) is 3.45. The van der Waals surface area contributed by atoms with Gasteiger partial charge in [0.25, 0.3) is 0 Å². The highest BCUT2D eigenvalue weighted by Gasteiger charge is 2.40. The highest BCUT2D eigenvalue weighted by Crippen LogP contribution is 2.54. The van der Waals surface area contributed by atoms with Gasteiger partial charge in [-0.25, -0.2) is 0 Å². The fourth-order valence-electron chi connectivity index (χ4n) is 7.86. The average molecular weight is 655 g/mol. The molecule has 0 aromatic heterocycles. The van der Waals surface area contributed by atoms with Crippen molar-refractivity contribution in [2.75, 3.05) is 4.90 Å². The highest BCUT2D eigenvalue weighted by molar-refractivity contribution is 7.79. The number of rotatable bonds is 2. The van der Waals surface area contributed by atoms with Crippen LogP contribution in [-0.4, -0.2) is 11.6 Å². The number of fused-ring (bicyclic) bond motifs is 7. The maximum atomic E-state index is 13.6. The molecule has 3 nitrogen and oxygen atoms in total. The second kappa shape index (κ2) is 10.4. The number of hydrogen-bond acceptors (Lipinski definition) is 3.